The van der Waals surface area contributed by atoms with Gasteiger partial charge in [-0.15, -0.1) is 0 Å². The van der Waals surface area contributed by atoms with E-state index in [1.165, 1.54) is 10.9 Å². The maximum atomic E-state index is 4.48. The summed E-state index contributed by atoms with van der Waals surface area (Å²) < 4.78 is 0.293. The third kappa shape index (κ3) is 5.01. The summed E-state index contributed by atoms with van der Waals surface area (Å²) in [5.41, 5.74) is 2.42. The monoisotopic (exact) mass is 302 g/mol. The molecule has 0 aliphatic carbocycles. The van der Waals surface area contributed by atoms with Crippen LogP contribution in [0.4, 0.5) is 0 Å². The molecule has 3 heteroatoms. The van der Waals surface area contributed by atoms with Gasteiger partial charge in [-0.05, 0) is 30.7 Å². The lowest BCUT2D eigenvalue weighted by Crippen LogP contribution is -2.26. The summed E-state index contributed by atoms with van der Waals surface area (Å²) in [6.45, 7) is 10.1. The number of pyridine rings is 1. The van der Waals surface area contributed by atoms with Crippen molar-refractivity contribution in [3.05, 3.63) is 42.1 Å². The van der Waals surface area contributed by atoms with Crippen LogP contribution in [-0.4, -0.2) is 22.0 Å². The van der Waals surface area contributed by atoms with E-state index in [-0.39, 0.29) is 0 Å². The lowest BCUT2D eigenvalue weighted by molar-refractivity contribution is 0.576. The molecule has 1 N–H and O–H groups in total. The normalized spacial score (nSPS) is 13.5. The van der Waals surface area contributed by atoms with Crippen LogP contribution in [0.15, 0.2) is 36.5 Å². The molecule has 0 radical (unpaired) electrons. The van der Waals surface area contributed by atoms with Crippen molar-refractivity contribution in [3.8, 4) is 0 Å². The van der Waals surface area contributed by atoms with Crippen LogP contribution in [0, 0.1) is 0 Å². The summed E-state index contributed by atoms with van der Waals surface area (Å²) in [5, 5.41) is 4.88. The van der Waals surface area contributed by atoms with Gasteiger partial charge in [0.15, 0.2) is 0 Å². The van der Waals surface area contributed by atoms with E-state index in [0.717, 1.165) is 24.2 Å². The van der Waals surface area contributed by atoms with Crippen molar-refractivity contribution < 1.29 is 0 Å². The molecule has 114 valence electrons. The van der Waals surface area contributed by atoms with E-state index in [0.29, 0.717) is 10.8 Å². The highest BCUT2D eigenvalue weighted by molar-refractivity contribution is 8.00. The van der Waals surface area contributed by atoms with Gasteiger partial charge in [0, 0.05) is 28.1 Å². The first kappa shape index (κ1) is 16.3. The number of hydrogen-bond donors (Lipinski definition) is 1. The summed E-state index contributed by atoms with van der Waals surface area (Å²) in [4.78, 5) is 4.48. The van der Waals surface area contributed by atoms with Gasteiger partial charge in [0.25, 0.3) is 0 Å². The van der Waals surface area contributed by atoms with Gasteiger partial charge in [-0.2, -0.15) is 11.8 Å². The second kappa shape index (κ2) is 7.28. The van der Waals surface area contributed by atoms with Crippen LogP contribution in [0.3, 0.4) is 0 Å². The zero-order chi connectivity index (χ0) is 15.3. The molecular formula is C18H26N2S. The van der Waals surface area contributed by atoms with Gasteiger partial charge >= 0.3 is 0 Å². The zero-order valence-electron chi connectivity index (χ0n) is 13.5. The van der Waals surface area contributed by atoms with E-state index >= 15 is 0 Å². The number of fused-ring (bicyclic) bond motifs is 1. The second-order valence-corrected chi connectivity index (χ2v) is 8.23. The van der Waals surface area contributed by atoms with Gasteiger partial charge in [0.05, 0.1) is 5.52 Å². The van der Waals surface area contributed by atoms with Crippen molar-refractivity contribution >= 4 is 22.7 Å². The van der Waals surface area contributed by atoms with Crippen LogP contribution < -0.4 is 5.32 Å². The van der Waals surface area contributed by atoms with E-state index in [1.54, 1.807) is 0 Å². The van der Waals surface area contributed by atoms with Crippen molar-refractivity contribution in [2.24, 2.45) is 0 Å². The van der Waals surface area contributed by atoms with Crippen LogP contribution in [0.25, 0.3) is 10.9 Å². The van der Waals surface area contributed by atoms with E-state index < -0.39 is 0 Å². The average Bonchev–Trinajstić information content (AvgIpc) is 2.46. The largest absolute Gasteiger partial charge is 0.309 e. The predicted octanol–water partition coefficient (Wildman–Crippen LogP) is 4.81. The molecule has 2 aromatic rings. The molecule has 0 saturated carbocycles. The molecule has 0 spiro atoms. The van der Waals surface area contributed by atoms with Gasteiger partial charge in [-0.3, -0.25) is 4.98 Å². The molecule has 1 heterocycles. The SMILES string of the molecule is CCCNC(CSC(C)(C)C)c1ccc2cccnc2c1. The molecular weight excluding hydrogens is 276 g/mol. The van der Waals surface area contributed by atoms with Crippen LogP contribution in [0.2, 0.25) is 0 Å². The van der Waals surface area contributed by atoms with Crippen molar-refractivity contribution in [1.29, 1.82) is 0 Å². The first-order chi connectivity index (χ1) is 9.99. The number of nitrogens with zero attached hydrogens (tertiary/aromatic N) is 1. The topological polar surface area (TPSA) is 24.9 Å². The number of nitrogens with one attached hydrogen (secondary N) is 1. The lowest BCUT2D eigenvalue weighted by atomic mass is 10.1. The van der Waals surface area contributed by atoms with E-state index in [1.807, 2.05) is 24.0 Å². The molecule has 0 fully saturated rings. The summed E-state index contributed by atoms with van der Waals surface area (Å²) >= 11 is 2.01. The maximum Gasteiger partial charge on any atom is 0.0705 e. The Labute approximate surface area is 132 Å². The lowest BCUT2D eigenvalue weighted by Gasteiger charge is -2.24. The van der Waals surface area contributed by atoms with Crippen LogP contribution in [0.5, 0.6) is 0 Å². The van der Waals surface area contributed by atoms with Crippen molar-refractivity contribution in [1.82, 2.24) is 10.3 Å². The van der Waals surface area contributed by atoms with Gasteiger partial charge in [-0.25, -0.2) is 0 Å². The summed E-state index contributed by atoms with van der Waals surface area (Å²) in [6.07, 6.45) is 3.02. The summed E-state index contributed by atoms with van der Waals surface area (Å²) in [7, 11) is 0. The number of thioether (sulfide) groups is 1. The summed E-state index contributed by atoms with van der Waals surface area (Å²) in [5.74, 6) is 1.09. The van der Waals surface area contributed by atoms with Crippen LogP contribution >= 0.6 is 11.8 Å². The number of rotatable bonds is 6. The Bertz CT molecular complexity index is 575. The predicted molar refractivity (Wildman–Crippen MR) is 95.0 cm³/mol. The molecule has 2 nitrogen and oxygen atoms in total. The van der Waals surface area contributed by atoms with Crippen molar-refractivity contribution in [2.75, 3.05) is 12.3 Å². The van der Waals surface area contributed by atoms with E-state index in [4.69, 9.17) is 0 Å². The molecule has 2 rings (SSSR count). The minimum Gasteiger partial charge on any atom is -0.309 e. The van der Waals surface area contributed by atoms with Gasteiger partial charge in [0.2, 0.25) is 0 Å². The van der Waals surface area contributed by atoms with E-state index in [9.17, 15) is 0 Å². The van der Waals surface area contributed by atoms with Gasteiger partial charge < -0.3 is 5.32 Å². The van der Waals surface area contributed by atoms with Crippen molar-refractivity contribution in [3.63, 3.8) is 0 Å². The quantitative estimate of drug-likeness (QED) is 0.829. The minimum atomic E-state index is 0.293. The Balaban J connectivity index is 2.20. The highest BCUT2D eigenvalue weighted by Crippen LogP contribution is 2.29. The fraction of sp³-hybridized carbons (Fsp3) is 0.500. The Morgan fingerprint density at radius 1 is 1.24 bits per heavy atom. The Morgan fingerprint density at radius 2 is 2.05 bits per heavy atom. The minimum absolute atomic E-state index is 0.293. The standard InChI is InChI=1S/C18H26N2S/c1-5-10-19-17(13-21-18(2,3)4)15-9-8-14-7-6-11-20-16(14)12-15/h6-9,11-12,17,19H,5,10,13H2,1-4H3. The molecule has 0 saturated heterocycles. The Hall–Kier alpha value is -1.06. The maximum absolute atomic E-state index is 4.48. The molecule has 21 heavy (non-hydrogen) atoms. The molecule has 0 aliphatic rings. The van der Waals surface area contributed by atoms with Gasteiger partial charge in [-0.1, -0.05) is 45.9 Å². The van der Waals surface area contributed by atoms with Crippen LogP contribution in [0.1, 0.15) is 45.7 Å². The Morgan fingerprint density at radius 3 is 2.76 bits per heavy atom. The fourth-order valence-corrected chi connectivity index (χ4v) is 3.20. The first-order valence-corrected chi connectivity index (χ1v) is 8.70. The number of hydrogen-bond acceptors (Lipinski definition) is 3. The molecule has 0 aliphatic heterocycles. The Kier molecular flexibility index (Phi) is 5.65. The van der Waals surface area contributed by atoms with E-state index in [2.05, 4.69) is 62.3 Å². The third-order valence-electron chi connectivity index (χ3n) is 3.36. The highest BCUT2D eigenvalue weighted by atomic mass is 32.2. The molecule has 0 amide bonds. The molecule has 1 aromatic heterocycles. The molecule has 1 aromatic carbocycles. The number of aromatic nitrogens is 1. The molecule has 1 atom stereocenters. The number of benzene rings is 1. The summed E-state index contributed by atoms with van der Waals surface area (Å²) in [6, 6.07) is 11.1. The average molecular weight is 302 g/mol. The smallest absolute Gasteiger partial charge is 0.0705 e. The van der Waals surface area contributed by atoms with Gasteiger partial charge in [0.1, 0.15) is 0 Å². The highest BCUT2D eigenvalue weighted by Gasteiger charge is 2.17. The van der Waals surface area contributed by atoms with Crippen molar-refractivity contribution in [2.45, 2.75) is 44.9 Å². The molecule has 0 bridgehead atoms. The zero-order valence-corrected chi connectivity index (χ0v) is 14.3. The second-order valence-electron chi connectivity index (χ2n) is 6.39. The molecule has 1 unspecified atom stereocenters. The first-order valence-electron chi connectivity index (χ1n) is 7.71. The fourth-order valence-electron chi connectivity index (χ4n) is 2.23. The third-order valence-corrected chi connectivity index (χ3v) is 4.72. The van der Waals surface area contributed by atoms with Crippen LogP contribution in [-0.2, 0) is 0 Å².